The number of benzene rings is 2. The number of furan rings is 1. The number of anilines is 1. The van der Waals surface area contributed by atoms with Crippen LogP contribution >= 0.6 is 27.5 Å². The molecule has 2 aromatic carbocycles. The van der Waals surface area contributed by atoms with Crippen molar-refractivity contribution in [3.8, 4) is 11.3 Å². The highest BCUT2D eigenvalue weighted by Gasteiger charge is 2.04. The molecule has 1 N–H and O–H groups in total. The van der Waals surface area contributed by atoms with Crippen molar-refractivity contribution in [1.29, 1.82) is 0 Å². The molecule has 0 amide bonds. The maximum atomic E-state index is 5.86. The van der Waals surface area contributed by atoms with Crippen LogP contribution in [0.2, 0.25) is 5.02 Å². The number of halogens is 2. The van der Waals surface area contributed by atoms with E-state index in [4.69, 9.17) is 16.0 Å². The SMILES string of the molecule is Clc1ccc(NCc2ccc(-c3ccc(Br)cc3)o2)cc1. The summed E-state index contributed by atoms with van der Waals surface area (Å²) >= 11 is 9.29. The third-order valence-electron chi connectivity index (χ3n) is 3.10. The van der Waals surface area contributed by atoms with Crippen molar-refractivity contribution in [2.45, 2.75) is 6.54 Å². The van der Waals surface area contributed by atoms with Crippen molar-refractivity contribution in [2.75, 3.05) is 5.32 Å². The number of hydrogen-bond donors (Lipinski definition) is 1. The minimum absolute atomic E-state index is 0.637. The predicted molar refractivity (Wildman–Crippen MR) is 90.6 cm³/mol. The van der Waals surface area contributed by atoms with Crippen molar-refractivity contribution >= 4 is 33.2 Å². The number of nitrogens with one attached hydrogen (secondary N) is 1. The smallest absolute Gasteiger partial charge is 0.134 e. The Kier molecular flexibility index (Phi) is 4.32. The van der Waals surface area contributed by atoms with Gasteiger partial charge in [0.15, 0.2) is 0 Å². The van der Waals surface area contributed by atoms with E-state index >= 15 is 0 Å². The molecule has 21 heavy (non-hydrogen) atoms. The zero-order valence-corrected chi connectivity index (χ0v) is 13.5. The Hall–Kier alpha value is -1.71. The Balaban J connectivity index is 1.67. The van der Waals surface area contributed by atoms with Crippen LogP contribution in [-0.2, 0) is 6.54 Å². The van der Waals surface area contributed by atoms with E-state index in [2.05, 4.69) is 21.2 Å². The van der Waals surface area contributed by atoms with Gasteiger partial charge in [0.1, 0.15) is 11.5 Å². The standard InChI is InChI=1S/C17H13BrClNO/c18-13-3-1-12(2-4-13)17-10-9-16(21-17)11-20-15-7-5-14(19)6-8-15/h1-10,20H,11H2. The number of hydrogen-bond acceptors (Lipinski definition) is 2. The first-order valence-electron chi connectivity index (χ1n) is 6.55. The lowest BCUT2D eigenvalue weighted by molar-refractivity contribution is 0.531. The summed E-state index contributed by atoms with van der Waals surface area (Å²) in [6.45, 7) is 0.637. The Morgan fingerprint density at radius 3 is 2.33 bits per heavy atom. The van der Waals surface area contributed by atoms with E-state index in [9.17, 15) is 0 Å². The first-order chi connectivity index (χ1) is 10.2. The molecule has 3 rings (SSSR count). The van der Waals surface area contributed by atoms with Gasteiger partial charge in [0.05, 0.1) is 6.54 Å². The van der Waals surface area contributed by atoms with Crippen LogP contribution in [0.5, 0.6) is 0 Å². The van der Waals surface area contributed by atoms with Crippen LogP contribution in [0, 0.1) is 0 Å². The fourth-order valence-electron chi connectivity index (χ4n) is 2.00. The summed E-state index contributed by atoms with van der Waals surface area (Å²) in [5.74, 6) is 1.76. The molecule has 0 bridgehead atoms. The summed E-state index contributed by atoms with van der Waals surface area (Å²) in [7, 11) is 0. The van der Waals surface area contributed by atoms with Crippen LogP contribution in [0.3, 0.4) is 0 Å². The first kappa shape index (κ1) is 14.2. The lowest BCUT2D eigenvalue weighted by Gasteiger charge is -2.04. The monoisotopic (exact) mass is 361 g/mol. The second-order valence-corrected chi connectivity index (χ2v) is 5.99. The normalized spacial score (nSPS) is 10.6. The lowest BCUT2D eigenvalue weighted by atomic mass is 10.2. The molecule has 0 unspecified atom stereocenters. The van der Waals surface area contributed by atoms with Gasteiger partial charge in [0, 0.05) is 20.7 Å². The zero-order valence-electron chi connectivity index (χ0n) is 11.1. The molecular formula is C17H13BrClNO. The van der Waals surface area contributed by atoms with Gasteiger partial charge in [0.25, 0.3) is 0 Å². The van der Waals surface area contributed by atoms with Gasteiger partial charge >= 0.3 is 0 Å². The Morgan fingerprint density at radius 2 is 1.62 bits per heavy atom. The average molecular weight is 363 g/mol. The molecule has 4 heteroatoms. The average Bonchev–Trinajstić information content (AvgIpc) is 2.96. The minimum Gasteiger partial charge on any atom is -0.459 e. The second kappa shape index (κ2) is 6.37. The number of rotatable bonds is 4. The molecule has 0 atom stereocenters. The van der Waals surface area contributed by atoms with Crippen LogP contribution in [0.25, 0.3) is 11.3 Å². The van der Waals surface area contributed by atoms with Crippen LogP contribution in [0.1, 0.15) is 5.76 Å². The van der Waals surface area contributed by atoms with Gasteiger partial charge in [-0.15, -0.1) is 0 Å². The van der Waals surface area contributed by atoms with Crippen molar-refractivity contribution in [3.63, 3.8) is 0 Å². The molecule has 0 saturated heterocycles. The fraction of sp³-hybridized carbons (Fsp3) is 0.0588. The van der Waals surface area contributed by atoms with Crippen molar-refractivity contribution in [3.05, 3.63) is 75.9 Å². The maximum Gasteiger partial charge on any atom is 0.134 e. The summed E-state index contributed by atoms with van der Waals surface area (Å²) < 4.78 is 6.91. The van der Waals surface area contributed by atoms with Gasteiger partial charge in [-0.3, -0.25) is 0 Å². The van der Waals surface area contributed by atoms with Gasteiger partial charge in [-0.25, -0.2) is 0 Å². The molecule has 3 aromatic rings. The second-order valence-electron chi connectivity index (χ2n) is 4.63. The largest absolute Gasteiger partial charge is 0.459 e. The van der Waals surface area contributed by atoms with E-state index in [-0.39, 0.29) is 0 Å². The third kappa shape index (κ3) is 3.69. The quantitative estimate of drug-likeness (QED) is 0.618. The topological polar surface area (TPSA) is 25.2 Å². The highest BCUT2D eigenvalue weighted by Crippen LogP contribution is 2.24. The van der Waals surface area contributed by atoms with Crippen LogP contribution < -0.4 is 5.32 Å². The summed E-state index contributed by atoms with van der Waals surface area (Å²) in [5, 5.41) is 4.03. The van der Waals surface area contributed by atoms with Gasteiger partial charge in [0.2, 0.25) is 0 Å². The summed E-state index contributed by atoms with van der Waals surface area (Å²) in [5.41, 5.74) is 2.08. The van der Waals surface area contributed by atoms with E-state index in [1.54, 1.807) is 0 Å². The van der Waals surface area contributed by atoms with Crippen molar-refractivity contribution in [2.24, 2.45) is 0 Å². The first-order valence-corrected chi connectivity index (χ1v) is 7.72. The van der Waals surface area contributed by atoms with Crippen LogP contribution in [0.4, 0.5) is 5.69 Å². The third-order valence-corrected chi connectivity index (χ3v) is 3.88. The fourth-order valence-corrected chi connectivity index (χ4v) is 2.39. The summed E-state index contributed by atoms with van der Waals surface area (Å²) in [4.78, 5) is 0. The van der Waals surface area contributed by atoms with E-state index < -0.39 is 0 Å². The Bertz CT molecular complexity index is 719. The highest BCUT2D eigenvalue weighted by molar-refractivity contribution is 9.10. The summed E-state index contributed by atoms with van der Waals surface area (Å²) in [6.07, 6.45) is 0. The molecule has 2 nitrogen and oxygen atoms in total. The molecule has 0 aliphatic heterocycles. The van der Waals surface area contributed by atoms with Gasteiger partial charge in [-0.2, -0.15) is 0 Å². The molecule has 0 aliphatic carbocycles. The Morgan fingerprint density at radius 1 is 0.905 bits per heavy atom. The molecule has 0 aliphatic rings. The molecule has 0 fully saturated rings. The van der Waals surface area contributed by atoms with Crippen molar-refractivity contribution < 1.29 is 4.42 Å². The van der Waals surface area contributed by atoms with E-state index in [0.717, 1.165) is 32.3 Å². The summed E-state index contributed by atoms with van der Waals surface area (Å²) in [6, 6.07) is 19.6. The molecule has 1 aromatic heterocycles. The van der Waals surface area contributed by atoms with E-state index in [1.165, 1.54) is 0 Å². The van der Waals surface area contributed by atoms with Crippen molar-refractivity contribution in [1.82, 2.24) is 0 Å². The molecule has 106 valence electrons. The molecule has 0 spiro atoms. The van der Waals surface area contributed by atoms with Crippen LogP contribution in [0.15, 0.2) is 69.6 Å². The molecular weight excluding hydrogens is 350 g/mol. The highest BCUT2D eigenvalue weighted by atomic mass is 79.9. The minimum atomic E-state index is 0.637. The van der Waals surface area contributed by atoms with Gasteiger partial charge in [-0.1, -0.05) is 39.7 Å². The van der Waals surface area contributed by atoms with Gasteiger partial charge < -0.3 is 9.73 Å². The zero-order chi connectivity index (χ0) is 14.7. The van der Waals surface area contributed by atoms with E-state index in [1.807, 2.05) is 60.7 Å². The molecule has 1 heterocycles. The lowest BCUT2D eigenvalue weighted by Crippen LogP contribution is -1.97. The van der Waals surface area contributed by atoms with Crippen LogP contribution in [-0.4, -0.2) is 0 Å². The maximum absolute atomic E-state index is 5.86. The van der Waals surface area contributed by atoms with E-state index in [0.29, 0.717) is 6.54 Å². The molecule has 0 saturated carbocycles. The van der Waals surface area contributed by atoms with Gasteiger partial charge in [-0.05, 0) is 48.5 Å². The predicted octanol–water partition coefficient (Wildman–Crippen LogP) is 5.97. The molecule has 0 radical (unpaired) electrons. The Labute approximate surface area is 136 Å².